The molecule has 0 fully saturated rings. The summed E-state index contributed by atoms with van der Waals surface area (Å²) in [5, 5.41) is 6.91. The molecule has 3 rings (SSSR count). The average Bonchev–Trinajstić information content (AvgIpc) is 2.53. The van der Waals surface area contributed by atoms with Gasteiger partial charge >= 0.3 is 0 Å². The lowest BCUT2D eigenvalue weighted by molar-refractivity contribution is 1.16. The molecule has 0 radical (unpaired) electrons. The number of hydrogen-bond acceptors (Lipinski definition) is 6. The molecule has 2 heterocycles. The summed E-state index contributed by atoms with van der Waals surface area (Å²) in [6.07, 6.45) is 3.16. The van der Waals surface area contributed by atoms with E-state index in [1.165, 1.54) is 6.33 Å². The summed E-state index contributed by atoms with van der Waals surface area (Å²) in [6, 6.07) is 11.1. The van der Waals surface area contributed by atoms with E-state index in [0.29, 0.717) is 28.2 Å². The second-order valence-electron chi connectivity index (χ2n) is 4.96. The van der Waals surface area contributed by atoms with E-state index < -0.39 is 0 Å². The van der Waals surface area contributed by atoms with Crippen molar-refractivity contribution in [2.75, 3.05) is 16.4 Å². The van der Waals surface area contributed by atoms with E-state index in [1.807, 2.05) is 31.2 Å². The third kappa shape index (κ3) is 3.67. The number of nitrogen functional groups attached to an aromatic ring is 1. The van der Waals surface area contributed by atoms with Gasteiger partial charge in [-0.15, -0.1) is 0 Å². The molecule has 0 amide bonds. The molecule has 0 saturated carbocycles. The number of nitrogens with one attached hydrogen (secondary N) is 2. The monoisotopic (exact) mass is 326 g/mol. The summed E-state index contributed by atoms with van der Waals surface area (Å²) in [6.45, 7) is 1.99. The Morgan fingerprint density at radius 1 is 0.957 bits per heavy atom. The van der Waals surface area contributed by atoms with Crippen LogP contribution in [-0.4, -0.2) is 15.0 Å². The highest BCUT2D eigenvalue weighted by Gasteiger charge is 2.09. The Morgan fingerprint density at radius 3 is 2.35 bits per heavy atom. The molecule has 7 heteroatoms. The van der Waals surface area contributed by atoms with Crippen LogP contribution in [0.15, 0.2) is 48.9 Å². The molecule has 2 aromatic heterocycles. The highest BCUT2D eigenvalue weighted by atomic mass is 35.5. The van der Waals surface area contributed by atoms with Gasteiger partial charge in [-0.1, -0.05) is 11.6 Å². The third-order valence-electron chi connectivity index (χ3n) is 3.15. The largest absolute Gasteiger partial charge is 0.393 e. The van der Waals surface area contributed by atoms with Gasteiger partial charge in [-0.3, -0.25) is 0 Å². The molecule has 0 spiro atoms. The Bertz CT molecular complexity index is 819. The molecule has 0 unspecified atom stereocenters. The summed E-state index contributed by atoms with van der Waals surface area (Å²) in [5.74, 6) is 1.68. The Balaban J connectivity index is 1.84. The maximum Gasteiger partial charge on any atom is 0.160 e. The molecule has 0 bridgehead atoms. The number of anilines is 5. The summed E-state index contributed by atoms with van der Waals surface area (Å²) < 4.78 is 0. The Kier molecular flexibility index (Phi) is 4.25. The molecule has 1 aromatic carbocycles. The first-order valence-electron chi connectivity index (χ1n) is 6.94. The lowest BCUT2D eigenvalue weighted by Crippen LogP contribution is -2.05. The van der Waals surface area contributed by atoms with Crippen LogP contribution in [0.3, 0.4) is 0 Å². The van der Waals surface area contributed by atoms with E-state index in [0.717, 1.165) is 11.3 Å². The van der Waals surface area contributed by atoms with Gasteiger partial charge in [0.1, 0.15) is 17.8 Å². The maximum atomic E-state index is 6.14. The van der Waals surface area contributed by atoms with Crippen molar-refractivity contribution >= 4 is 40.4 Å². The van der Waals surface area contributed by atoms with Crippen LogP contribution in [0.5, 0.6) is 0 Å². The molecule has 23 heavy (non-hydrogen) atoms. The number of pyridine rings is 1. The highest BCUT2D eigenvalue weighted by Crippen LogP contribution is 2.28. The zero-order valence-corrected chi connectivity index (χ0v) is 13.2. The fourth-order valence-corrected chi connectivity index (χ4v) is 2.12. The summed E-state index contributed by atoms with van der Waals surface area (Å²) >= 11 is 5.88. The predicted octanol–water partition coefficient (Wildman–Crippen LogP) is 3.90. The predicted molar refractivity (Wildman–Crippen MR) is 93.4 cm³/mol. The number of aryl methyl sites for hydroxylation is 1. The van der Waals surface area contributed by atoms with Crippen LogP contribution < -0.4 is 16.4 Å². The summed E-state index contributed by atoms with van der Waals surface area (Å²) in [5.41, 5.74) is 8.48. The topological polar surface area (TPSA) is 88.8 Å². The quantitative estimate of drug-likeness (QED) is 0.673. The molecule has 4 N–H and O–H groups in total. The molecule has 0 aliphatic heterocycles. The van der Waals surface area contributed by atoms with Crippen molar-refractivity contribution in [3.05, 3.63) is 59.5 Å². The van der Waals surface area contributed by atoms with E-state index in [4.69, 9.17) is 17.3 Å². The second kappa shape index (κ2) is 6.50. The van der Waals surface area contributed by atoms with Crippen molar-refractivity contribution in [2.24, 2.45) is 0 Å². The first kappa shape index (κ1) is 15.1. The number of nitrogens with two attached hydrogens (primary N) is 1. The zero-order chi connectivity index (χ0) is 16.2. The smallest absolute Gasteiger partial charge is 0.160 e. The lowest BCUT2D eigenvalue weighted by Gasteiger charge is -2.12. The van der Waals surface area contributed by atoms with Gasteiger partial charge in [0, 0.05) is 16.9 Å². The fraction of sp³-hybridized carbons (Fsp3) is 0.0625. The Labute approximate surface area is 138 Å². The normalized spacial score (nSPS) is 10.3. The highest BCUT2D eigenvalue weighted by molar-refractivity contribution is 6.30. The third-order valence-corrected chi connectivity index (χ3v) is 3.40. The minimum absolute atomic E-state index is 0.408. The van der Waals surface area contributed by atoms with Crippen LogP contribution in [-0.2, 0) is 0 Å². The zero-order valence-electron chi connectivity index (χ0n) is 12.4. The van der Waals surface area contributed by atoms with Crippen LogP contribution in [0.4, 0.5) is 28.8 Å². The number of benzene rings is 1. The SMILES string of the molecule is Cc1ccnc(Nc2ncnc(Nc3ccc(Cl)cc3)c2N)c1. The lowest BCUT2D eigenvalue weighted by atomic mass is 10.3. The van der Waals surface area contributed by atoms with Crippen LogP contribution in [0, 0.1) is 6.92 Å². The van der Waals surface area contributed by atoms with Crippen molar-refractivity contribution in [1.29, 1.82) is 0 Å². The fourth-order valence-electron chi connectivity index (χ4n) is 1.99. The van der Waals surface area contributed by atoms with Gasteiger partial charge in [-0.25, -0.2) is 15.0 Å². The van der Waals surface area contributed by atoms with E-state index >= 15 is 0 Å². The van der Waals surface area contributed by atoms with Crippen LogP contribution in [0.2, 0.25) is 5.02 Å². The molecule has 0 aliphatic carbocycles. The number of nitrogens with zero attached hydrogens (tertiary/aromatic N) is 3. The van der Waals surface area contributed by atoms with Crippen molar-refractivity contribution < 1.29 is 0 Å². The van der Waals surface area contributed by atoms with E-state index in [1.54, 1.807) is 18.3 Å². The van der Waals surface area contributed by atoms with Gasteiger partial charge < -0.3 is 16.4 Å². The van der Waals surface area contributed by atoms with E-state index in [2.05, 4.69) is 25.6 Å². The van der Waals surface area contributed by atoms with Gasteiger partial charge in [0.05, 0.1) is 0 Å². The average molecular weight is 327 g/mol. The molecular weight excluding hydrogens is 312 g/mol. The summed E-state index contributed by atoms with van der Waals surface area (Å²) in [4.78, 5) is 12.6. The minimum atomic E-state index is 0.408. The molecule has 3 aromatic rings. The van der Waals surface area contributed by atoms with Crippen LogP contribution >= 0.6 is 11.6 Å². The second-order valence-corrected chi connectivity index (χ2v) is 5.40. The van der Waals surface area contributed by atoms with Crippen LogP contribution in [0.25, 0.3) is 0 Å². The van der Waals surface area contributed by atoms with E-state index in [9.17, 15) is 0 Å². The first-order valence-corrected chi connectivity index (χ1v) is 7.32. The Morgan fingerprint density at radius 2 is 1.65 bits per heavy atom. The van der Waals surface area contributed by atoms with Crippen molar-refractivity contribution in [3.63, 3.8) is 0 Å². The van der Waals surface area contributed by atoms with Crippen molar-refractivity contribution in [1.82, 2.24) is 15.0 Å². The minimum Gasteiger partial charge on any atom is -0.393 e. The standard InChI is InChI=1S/C16H15ClN6/c1-10-6-7-19-13(8-10)23-16-14(18)15(20-9-21-16)22-12-4-2-11(17)3-5-12/h2-9H,18H2,1H3,(H2,19,20,21,22,23). The molecule has 0 saturated heterocycles. The number of aromatic nitrogens is 3. The number of hydrogen-bond donors (Lipinski definition) is 3. The van der Waals surface area contributed by atoms with Crippen LogP contribution in [0.1, 0.15) is 5.56 Å². The molecular formula is C16H15ClN6. The van der Waals surface area contributed by atoms with Gasteiger partial charge in [0.25, 0.3) is 0 Å². The Hall–Kier alpha value is -2.86. The number of halogens is 1. The summed E-state index contributed by atoms with van der Waals surface area (Å²) in [7, 11) is 0. The number of rotatable bonds is 4. The van der Waals surface area contributed by atoms with Gasteiger partial charge in [0.2, 0.25) is 0 Å². The van der Waals surface area contributed by atoms with Gasteiger partial charge in [0.15, 0.2) is 11.6 Å². The van der Waals surface area contributed by atoms with Crippen molar-refractivity contribution in [2.45, 2.75) is 6.92 Å². The van der Waals surface area contributed by atoms with Gasteiger partial charge in [-0.2, -0.15) is 0 Å². The van der Waals surface area contributed by atoms with E-state index in [-0.39, 0.29) is 0 Å². The molecule has 0 atom stereocenters. The van der Waals surface area contributed by atoms with Crippen molar-refractivity contribution in [3.8, 4) is 0 Å². The molecule has 116 valence electrons. The molecule has 0 aliphatic rings. The molecule has 6 nitrogen and oxygen atoms in total. The first-order chi connectivity index (χ1) is 11.1. The maximum absolute atomic E-state index is 6.14. The van der Waals surface area contributed by atoms with Gasteiger partial charge in [-0.05, 0) is 48.9 Å².